The average Bonchev–Trinajstić information content (AvgIpc) is 2.96. The van der Waals surface area contributed by atoms with E-state index >= 15 is 0 Å². The summed E-state index contributed by atoms with van der Waals surface area (Å²) in [7, 11) is 1.61. The first-order chi connectivity index (χ1) is 9.61. The van der Waals surface area contributed by atoms with Gasteiger partial charge in [0.15, 0.2) is 10.7 Å². The van der Waals surface area contributed by atoms with Gasteiger partial charge in [0.2, 0.25) is 0 Å². The lowest BCUT2D eigenvalue weighted by Gasteiger charge is -2.05. The van der Waals surface area contributed by atoms with Gasteiger partial charge in [-0.2, -0.15) is 0 Å². The quantitative estimate of drug-likeness (QED) is 0.804. The van der Waals surface area contributed by atoms with Gasteiger partial charge in [0, 0.05) is 4.88 Å². The summed E-state index contributed by atoms with van der Waals surface area (Å²) in [5, 5.41) is 9.26. The SMILES string of the molecule is COc1ccc(-c2c(C)sc3ncc(C(=O)O)n23)cc1. The molecule has 6 heteroatoms. The number of thiazole rings is 1. The molecule has 0 unspecified atom stereocenters. The van der Waals surface area contributed by atoms with Gasteiger partial charge in [-0.15, -0.1) is 11.3 Å². The lowest BCUT2D eigenvalue weighted by atomic mass is 10.1. The van der Waals surface area contributed by atoms with Crippen LogP contribution in [0.4, 0.5) is 0 Å². The topological polar surface area (TPSA) is 63.8 Å². The summed E-state index contributed by atoms with van der Waals surface area (Å²) >= 11 is 1.48. The summed E-state index contributed by atoms with van der Waals surface area (Å²) in [4.78, 5) is 17.2. The molecule has 5 nitrogen and oxygen atoms in total. The largest absolute Gasteiger partial charge is 0.497 e. The van der Waals surface area contributed by atoms with Gasteiger partial charge in [-0.1, -0.05) is 0 Å². The highest BCUT2D eigenvalue weighted by molar-refractivity contribution is 7.17. The smallest absolute Gasteiger partial charge is 0.354 e. The summed E-state index contributed by atoms with van der Waals surface area (Å²) in [5.41, 5.74) is 1.98. The summed E-state index contributed by atoms with van der Waals surface area (Å²) in [6, 6.07) is 7.54. The number of hydrogen-bond acceptors (Lipinski definition) is 4. The Bertz CT molecular complexity index is 787. The molecule has 20 heavy (non-hydrogen) atoms. The van der Waals surface area contributed by atoms with Crippen molar-refractivity contribution in [1.82, 2.24) is 9.38 Å². The monoisotopic (exact) mass is 288 g/mol. The number of carboxylic acid groups (broad SMARTS) is 1. The first-order valence-corrected chi connectivity index (χ1v) is 6.78. The van der Waals surface area contributed by atoms with Crippen LogP contribution in [0, 0.1) is 6.92 Å². The fourth-order valence-electron chi connectivity index (χ4n) is 2.20. The minimum absolute atomic E-state index is 0.176. The lowest BCUT2D eigenvalue weighted by Crippen LogP contribution is -2.02. The molecule has 0 saturated heterocycles. The Hall–Kier alpha value is -2.34. The number of aromatic carboxylic acids is 1. The van der Waals surface area contributed by atoms with E-state index in [-0.39, 0.29) is 5.69 Å². The lowest BCUT2D eigenvalue weighted by molar-refractivity contribution is 0.0689. The van der Waals surface area contributed by atoms with Crippen molar-refractivity contribution in [3.8, 4) is 17.0 Å². The molecular formula is C14H12N2O3S. The van der Waals surface area contributed by atoms with Crippen molar-refractivity contribution in [2.45, 2.75) is 6.92 Å². The van der Waals surface area contributed by atoms with Gasteiger partial charge in [0.25, 0.3) is 0 Å². The summed E-state index contributed by atoms with van der Waals surface area (Å²) in [5.74, 6) is -0.216. The van der Waals surface area contributed by atoms with E-state index in [1.165, 1.54) is 17.5 Å². The number of nitrogens with zero attached hydrogens (tertiary/aromatic N) is 2. The number of hydrogen-bond donors (Lipinski definition) is 1. The fraction of sp³-hybridized carbons (Fsp3) is 0.143. The van der Waals surface area contributed by atoms with Crippen LogP contribution in [0.25, 0.3) is 16.2 Å². The third kappa shape index (κ3) is 1.85. The van der Waals surface area contributed by atoms with Gasteiger partial charge in [-0.3, -0.25) is 4.40 Å². The molecule has 0 amide bonds. The Morgan fingerprint density at radius 3 is 2.65 bits per heavy atom. The van der Waals surface area contributed by atoms with E-state index in [9.17, 15) is 9.90 Å². The van der Waals surface area contributed by atoms with Crippen molar-refractivity contribution in [2.24, 2.45) is 0 Å². The van der Waals surface area contributed by atoms with Gasteiger partial charge < -0.3 is 9.84 Å². The summed E-state index contributed by atoms with van der Waals surface area (Å²) < 4.78 is 6.83. The predicted octanol–water partition coefficient (Wildman–Crippen LogP) is 3.08. The van der Waals surface area contributed by atoms with E-state index in [1.807, 2.05) is 31.2 Å². The van der Waals surface area contributed by atoms with E-state index in [2.05, 4.69) is 4.98 Å². The molecule has 1 N–H and O–H groups in total. The zero-order chi connectivity index (χ0) is 14.3. The number of methoxy groups -OCH3 is 1. The van der Waals surface area contributed by atoms with E-state index in [4.69, 9.17) is 4.74 Å². The van der Waals surface area contributed by atoms with Gasteiger partial charge in [0.05, 0.1) is 19.0 Å². The Morgan fingerprint density at radius 1 is 1.35 bits per heavy atom. The second-order valence-electron chi connectivity index (χ2n) is 4.30. The molecule has 3 aromatic rings. The van der Waals surface area contributed by atoms with Crippen LogP contribution in [-0.4, -0.2) is 27.6 Å². The molecule has 0 saturated carbocycles. The highest BCUT2D eigenvalue weighted by Crippen LogP contribution is 2.32. The van der Waals surface area contributed by atoms with E-state index in [0.717, 1.165) is 21.9 Å². The number of carboxylic acids is 1. The van der Waals surface area contributed by atoms with Crippen molar-refractivity contribution in [3.63, 3.8) is 0 Å². The molecule has 0 radical (unpaired) electrons. The molecule has 0 aliphatic carbocycles. The number of fused-ring (bicyclic) bond motifs is 1. The first-order valence-electron chi connectivity index (χ1n) is 5.96. The van der Waals surface area contributed by atoms with Crippen molar-refractivity contribution < 1.29 is 14.6 Å². The van der Waals surface area contributed by atoms with Crippen LogP contribution in [0.5, 0.6) is 5.75 Å². The van der Waals surface area contributed by atoms with Crippen molar-refractivity contribution in [3.05, 3.63) is 41.0 Å². The van der Waals surface area contributed by atoms with Gasteiger partial charge in [-0.25, -0.2) is 9.78 Å². The maximum absolute atomic E-state index is 11.3. The van der Waals surface area contributed by atoms with Gasteiger partial charge in [-0.05, 0) is 36.8 Å². The van der Waals surface area contributed by atoms with E-state index in [1.54, 1.807) is 11.5 Å². The average molecular weight is 288 g/mol. The number of aromatic nitrogens is 2. The third-order valence-corrected chi connectivity index (χ3v) is 4.08. The molecule has 3 rings (SSSR count). The highest BCUT2D eigenvalue weighted by atomic mass is 32.1. The zero-order valence-corrected chi connectivity index (χ0v) is 11.8. The predicted molar refractivity (Wildman–Crippen MR) is 76.8 cm³/mol. The first kappa shape index (κ1) is 12.7. The molecule has 0 aliphatic heterocycles. The number of rotatable bonds is 3. The van der Waals surface area contributed by atoms with Crippen LogP contribution in [0.1, 0.15) is 15.4 Å². The van der Waals surface area contributed by atoms with Gasteiger partial charge in [0.1, 0.15) is 5.75 Å². The molecule has 102 valence electrons. The Labute approximate surface area is 119 Å². The van der Waals surface area contributed by atoms with Crippen molar-refractivity contribution >= 4 is 22.3 Å². The second kappa shape index (κ2) is 4.64. The number of imidazole rings is 1. The Morgan fingerprint density at radius 2 is 2.05 bits per heavy atom. The van der Waals surface area contributed by atoms with Crippen molar-refractivity contribution in [1.29, 1.82) is 0 Å². The number of carbonyl (C=O) groups is 1. The molecule has 1 aromatic carbocycles. The number of aryl methyl sites for hydroxylation is 1. The summed E-state index contributed by atoms with van der Waals surface area (Å²) in [6.45, 7) is 1.96. The highest BCUT2D eigenvalue weighted by Gasteiger charge is 2.19. The third-order valence-electron chi connectivity index (χ3n) is 3.11. The molecule has 0 atom stereocenters. The van der Waals surface area contributed by atoms with Gasteiger partial charge >= 0.3 is 5.97 Å². The maximum atomic E-state index is 11.3. The van der Waals surface area contributed by atoms with Crippen molar-refractivity contribution in [2.75, 3.05) is 7.11 Å². The minimum Gasteiger partial charge on any atom is -0.497 e. The van der Waals surface area contributed by atoms with Crippen LogP contribution < -0.4 is 4.74 Å². The molecule has 2 heterocycles. The molecule has 0 fully saturated rings. The standard InChI is InChI=1S/C14H12N2O3S/c1-8-12(9-3-5-10(19-2)6-4-9)16-11(13(17)18)7-15-14(16)20-8/h3-7H,1-2H3,(H,17,18). The normalized spacial score (nSPS) is 10.9. The molecule has 0 spiro atoms. The van der Waals surface area contributed by atoms with Crippen LogP contribution in [0.2, 0.25) is 0 Å². The van der Waals surface area contributed by atoms with E-state index in [0.29, 0.717) is 4.96 Å². The van der Waals surface area contributed by atoms with Crippen LogP contribution >= 0.6 is 11.3 Å². The van der Waals surface area contributed by atoms with Crippen LogP contribution in [-0.2, 0) is 0 Å². The number of benzene rings is 1. The van der Waals surface area contributed by atoms with Crippen LogP contribution in [0.3, 0.4) is 0 Å². The Kier molecular flexibility index (Phi) is 2.94. The van der Waals surface area contributed by atoms with Crippen LogP contribution in [0.15, 0.2) is 30.5 Å². The zero-order valence-electron chi connectivity index (χ0n) is 11.0. The fourth-order valence-corrected chi connectivity index (χ4v) is 3.16. The molecule has 2 aromatic heterocycles. The van der Waals surface area contributed by atoms with E-state index < -0.39 is 5.97 Å². The molecular weight excluding hydrogens is 276 g/mol. The minimum atomic E-state index is -0.981. The second-order valence-corrected chi connectivity index (χ2v) is 5.48. The maximum Gasteiger partial charge on any atom is 0.354 e. The Balaban J connectivity index is 2.25. The number of ether oxygens (including phenoxy) is 1. The summed E-state index contributed by atoms with van der Waals surface area (Å²) in [6.07, 6.45) is 1.39. The molecule has 0 aliphatic rings. The molecule has 0 bridgehead atoms.